The lowest BCUT2D eigenvalue weighted by molar-refractivity contribution is -0.136. The zero-order valence-corrected chi connectivity index (χ0v) is 10.7. The van der Waals surface area contributed by atoms with Gasteiger partial charge in [-0.3, -0.25) is 0 Å². The number of hydrogen-bond acceptors (Lipinski definition) is 4. The van der Waals surface area contributed by atoms with E-state index in [2.05, 4.69) is 0 Å². The Hall–Kier alpha value is -1.68. The van der Waals surface area contributed by atoms with Crippen LogP contribution in [0.1, 0.15) is 23.4 Å². The molecular formula is C13H11ClO4. The minimum atomic E-state index is -0.498. The van der Waals surface area contributed by atoms with Crippen molar-refractivity contribution in [1.29, 1.82) is 0 Å². The highest BCUT2D eigenvalue weighted by molar-refractivity contribution is 6.28. The van der Waals surface area contributed by atoms with E-state index in [1.807, 2.05) is 19.1 Å². The van der Waals surface area contributed by atoms with Crippen LogP contribution in [0.15, 0.2) is 17.7 Å². The summed E-state index contributed by atoms with van der Waals surface area (Å²) in [4.78, 5) is 11.7. The number of carbonyl (C=O) groups is 1. The number of carbonyl (C=O) groups excluding carboxylic acids is 1. The quantitative estimate of drug-likeness (QED) is 0.579. The maximum Gasteiger partial charge on any atom is 0.335 e. The Balaban J connectivity index is 2.14. The van der Waals surface area contributed by atoms with Crippen LogP contribution in [0.4, 0.5) is 0 Å². The summed E-state index contributed by atoms with van der Waals surface area (Å²) in [6.45, 7) is 2.08. The van der Waals surface area contributed by atoms with E-state index in [1.165, 1.54) is 7.11 Å². The topological polar surface area (TPSA) is 44.8 Å². The average Bonchev–Trinajstić information content (AvgIpc) is 2.91. The van der Waals surface area contributed by atoms with Gasteiger partial charge in [0.05, 0.1) is 18.1 Å². The molecule has 0 bridgehead atoms. The molecule has 3 rings (SSSR count). The summed E-state index contributed by atoms with van der Waals surface area (Å²) in [7, 11) is 1.35. The zero-order valence-electron chi connectivity index (χ0n) is 9.95. The Kier molecular flexibility index (Phi) is 2.48. The lowest BCUT2D eigenvalue weighted by Gasteiger charge is -2.07. The Bertz CT molecular complexity index is 577. The summed E-state index contributed by atoms with van der Waals surface area (Å²) < 4.78 is 15.4. The smallest absolute Gasteiger partial charge is 0.335 e. The van der Waals surface area contributed by atoms with Crippen molar-refractivity contribution in [2.75, 3.05) is 13.9 Å². The molecule has 2 aliphatic rings. The van der Waals surface area contributed by atoms with E-state index in [0.29, 0.717) is 17.1 Å². The highest BCUT2D eigenvalue weighted by Crippen LogP contribution is 2.49. The predicted octanol–water partition coefficient (Wildman–Crippen LogP) is 2.66. The van der Waals surface area contributed by atoms with Crippen LogP contribution in [0.2, 0.25) is 0 Å². The van der Waals surface area contributed by atoms with Crippen molar-refractivity contribution in [1.82, 2.24) is 0 Å². The van der Waals surface area contributed by atoms with Gasteiger partial charge in [-0.25, -0.2) is 4.79 Å². The second kappa shape index (κ2) is 3.92. The van der Waals surface area contributed by atoms with Crippen molar-refractivity contribution in [3.8, 4) is 11.5 Å². The van der Waals surface area contributed by atoms with Crippen LogP contribution in [-0.4, -0.2) is 19.9 Å². The van der Waals surface area contributed by atoms with E-state index in [0.717, 1.165) is 16.7 Å². The van der Waals surface area contributed by atoms with Crippen molar-refractivity contribution in [2.24, 2.45) is 0 Å². The van der Waals surface area contributed by atoms with Gasteiger partial charge in [-0.05, 0) is 35.8 Å². The predicted molar refractivity (Wildman–Crippen MR) is 65.8 cm³/mol. The van der Waals surface area contributed by atoms with Gasteiger partial charge in [0, 0.05) is 0 Å². The van der Waals surface area contributed by atoms with E-state index in [9.17, 15) is 4.79 Å². The van der Waals surface area contributed by atoms with Crippen molar-refractivity contribution in [3.05, 3.63) is 28.8 Å². The minimum Gasteiger partial charge on any atom is -0.466 e. The molecule has 1 aliphatic carbocycles. The number of rotatable bonds is 1. The first-order valence-corrected chi connectivity index (χ1v) is 5.94. The molecule has 4 nitrogen and oxygen atoms in total. The number of ether oxygens (including phenoxy) is 3. The van der Waals surface area contributed by atoms with E-state index >= 15 is 0 Å². The monoisotopic (exact) mass is 266 g/mol. The normalized spacial score (nSPS) is 20.1. The lowest BCUT2D eigenvalue weighted by atomic mass is 10.1. The zero-order chi connectivity index (χ0) is 12.9. The third kappa shape index (κ3) is 1.42. The first-order valence-electron chi connectivity index (χ1n) is 5.50. The highest BCUT2D eigenvalue weighted by Gasteiger charge is 2.34. The number of methoxy groups -OCH3 is 1. The second-order valence-electron chi connectivity index (χ2n) is 4.19. The number of hydrogen-bond donors (Lipinski definition) is 0. The maximum atomic E-state index is 11.7. The van der Waals surface area contributed by atoms with Crippen molar-refractivity contribution >= 4 is 23.1 Å². The summed E-state index contributed by atoms with van der Waals surface area (Å²) in [6.07, 6.45) is 0. The van der Waals surface area contributed by atoms with Crippen molar-refractivity contribution in [2.45, 2.75) is 12.3 Å². The molecule has 0 amide bonds. The van der Waals surface area contributed by atoms with E-state index in [1.54, 1.807) is 0 Å². The fourth-order valence-electron chi connectivity index (χ4n) is 2.35. The van der Waals surface area contributed by atoms with Gasteiger partial charge >= 0.3 is 5.97 Å². The summed E-state index contributed by atoms with van der Waals surface area (Å²) >= 11 is 6.32. The molecule has 0 aromatic heterocycles. The molecule has 0 saturated heterocycles. The average molecular weight is 267 g/mol. The number of halogens is 1. The molecule has 94 valence electrons. The Morgan fingerprint density at radius 1 is 1.39 bits per heavy atom. The molecule has 1 aromatic rings. The number of benzene rings is 1. The Labute approximate surface area is 109 Å². The van der Waals surface area contributed by atoms with E-state index in [4.69, 9.17) is 25.8 Å². The van der Waals surface area contributed by atoms with Crippen LogP contribution in [0.5, 0.6) is 11.5 Å². The molecule has 1 aromatic carbocycles. The first-order chi connectivity index (χ1) is 8.63. The fourth-order valence-corrected chi connectivity index (χ4v) is 2.78. The maximum absolute atomic E-state index is 11.7. The van der Waals surface area contributed by atoms with Crippen LogP contribution in [-0.2, 0) is 9.53 Å². The number of alkyl halides is 1. The summed E-state index contributed by atoms with van der Waals surface area (Å²) in [6, 6.07) is 3.69. The molecule has 0 N–H and O–H groups in total. The Morgan fingerprint density at radius 3 is 2.72 bits per heavy atom. The fraction of sp³-hybridized carbons (Fsp3) is 0.308. The van der Waals surface area contributed by atoms with Gasteiger partial charge in [0.25, 0.3) is 0 Å². The molecule has 1 heterocycles. The summed E-state index contributed by atoms with van der Waals surface area (Å²) in [5.74, 6) is 0.951. The van der Waals surface area contributed by atoms with E-state index in [-0.39, 0.29) is 6.79 Å². The van der Waals surface area contributed by atoms with Gasteiger partial charge in [0.15, 0.2) is 11.5 Å². The lowest BCUT2D eigenvalue weighted by Crippen LogP contribution is -2.07. The summed E-state index contributed by atoms with van der Waals surface area (Å²) in [5, 5.41) is -0.498. The number of esters is 1. The van der Waals surface area contributed by atoms with Crippen LogP contribution >= 0.6 is 11.6 Å². The molecule has 0 spiro atoms. The summed E-state index contributed by atoms with van der Waals surface area (Å²) in [5.41, 5.74) is 3.09. The first kappa shape index (κ1) is 11.4. The van der Waals surface area contributed by atoms with Crippen LogP contribution in [0.3, 0.4) is 0 Å². The molecule has 5 heteroatoms. The SMILES string of the molecule is COC(=O)C1=C(C)c2cc3c(cc2[C@@H]1Cl)OCO3. The number of allylic oxidation sites excluding steroid dienone is 1. The van der Waals surface area contributed by atoms with Crippen molar-refractivity contribution < 1.29 is 19.0 Å². The minimum absolute atomic E-state index is 0.220. The van der Waals surface area contributed by atoms with Gasteiger partial charge in [-0.1, -0.05) is 0 Å². The molecule has 0 fully saturated rings. The molecule has 18 heavy (non-hydrogen) atoms. The van der Waals surface area contributed by atoms with Crippen LogP contribution in [0.25, 0.3) is 5.57 Å². The largest absolute Gasteiger partial charge is 0.466 e. The Morgan fingerprint density at radius 2 is 2.06 bits per heavy atom. The van der Waals surface area contributed by atoms with Gasteiger partial charge in [0.2, 0.25) is 6.79 Å². The van der Waals surface area contributed by atoms with E-state index < -0.39 is 11.3 Å². The number of fused-ring (bicyclic) bond motifs is 2. The molecule has 0 saturated carbocycles. The van der Waals surface area contributed by atoms with Gasteiger partial charge in [-0.2, -0.15) is 0 Å². The third-order valence-corrected chi connectivity index (χ3v) is 3.74. The van der Waals surface area contributed by atoms with Crippen LogP contribution in [0, 0.1) is 0 Å². The molecule has 1 aliphatic heterocycles. The third-order valence-electron chi connectivity index (χ3n) is 3.28. The van der Waals surface area contributed by atoms with Gasteiger partial charge in [0.1, 0.15) is 0 Å². The standard InChI is InChI=1S/C13H11ClO4/c1-6-7-3-9-10(18-5-17-9)4-8(7)12(14)11(6)13(15)16-2/h3-4,12H,5H2,1-2H3/t12-/m0/s1. The van der Waals surface area contributed by atoms with Crippen LogP contribution < -0.4 is 9.47 Å². The second-order valence-corrected chi connectivity index (χ2v) is 4.62. The van der Waals surface area contributed by atoms with Crippen molar-refractivity contribution in [3.63, 3.8) is 0 Å². The molecular weight excluding hydrogens is 256 g/mol. The van der Waals surface area contributed by atoms with Gasteiger partial charge in [-0.15, -0.1) is 11.6 Å². The van der Waals surface area contributed by atoms with Gasteiger partial charge < -0.3 is 14.2 Å². The highest BCUT2D eigenvalue weighted by atomic mass is 35.5. The molecule has 0 unspecified atom stereocenters. The molecule has 1 atom stereocenters. The molecule has 0 radical (unpaired) electrons.